The fraction of sp³-hybridized carbons (Fsp3) is 0.733. The maximum absolute atomic E-state index is 6.27. The molecule has 0 N–H and O–H groups in total. The van der Waals surface area contributed by atoms with Gasteiger partial charge in [-0.05, 0) is 31.8 Å². The Morgan fingerprint density at radius 3 is 2.53 bits per heavy atom. The molecule has 3 saturated heterocycles. The molecule has 3 rings (SSSR count). The largest absolute Gasteiger partial charge is 0.371 e. The summed E-state index contributed by atoms with van der Waals surface area (Å²) in [5, 5.41) is 0. The van der Waals surface area contributed by atoms with Crippen LogP contribution in [0.1, 0.15) is 32.6 Å². The minimum absolute atomic E-state index is 0.123. The molecular weight excluding hydrogens is 372 g/mol. The first-order chi connectivity index (χ1) is 9.15. The zero-order valence-corrected chi connectivity index (χ0v) is 14.3. The lowest BCUT2D eigenvalue weighted by Gasteiger charge is -2.45. The highest BCUT2D eigenvalue weighted by molar-refractivity contribution is 9.09. The predicted octanol–water partition coefficient (Wildman–Crippen LogP) is 3.82. The van der Waals surface area contributed by atoms with Gasteiger partial charge in [0.05, 0.1) is 24.4 Å². The summed E-state index contributed by atoms with van der Waals surface area (Å²) in [4.78, 5) is 0.746. The lowest BCUT2D eigenvalue weighted by atomic mass is 9.92. The van der Waals surface area contributed by atoms with Gasteiger partial charge in [0, 0.05) is 9.65 Å². The van der Waals surface area contributed by atoms with Crippen molar-refractivity contribution in [2.24, 2.45) is 0 Å². The SMILES string of the molecule is C#C/C=C/C[C@H]1O[C@H]2C[C@H](Br)[C@@H](CC)O[C@@H]1C[C@@H]2Br. The molecule has 6 atom stereocenters. The van der Waals surface area contributed by atoms with Crippen LogP contribution < -0.4 is 0 Å². The van der Waals surface area contributed by atoms with Crippen LogP contribution in [0.15, 0.2) is 12.2 Å². The van der Waals surface area contributed by atoms with E-state index < -0.39 is 0 Å². The lowest BCUT2D eigenvalue weighted by molar-refractivity contribution is -0.173. The molecule has 4 heteroatoms. The van der Waals surface area contributed by atoms with Gasteiger partial charge in [0.15, 0.2) is 0 Å². The Labute approximate surface area is 132 Å². The van der Waals surface area contributed by atoms with Gasteiger partial charge in [-0.25, -0.2) is 0 Å². The minimum atomic E-state index is 0.123. The number of terminal acetylenes is 1. The molecule has 0 amide bonds. The van der Waals surface area contributed by atoms with Gasteiger partial charge >= 0.3 is 0 Å². The Morgan fingerprint density at radius 2 is 1.84 bits per heavy atom. The highest BCUT2D eigenvalue weighted by Crippen LogP contribution is 2.38. The third kappa shape index (κ3) is 3.85. The molecule has 0 saturated carbocycles. The van der Waals surface area contributed by atoms with Crippen LogP contribution in [0.2, 0.25) is 0 Å². The number of allylic oxidation sites excluding steroid dienone is 1. The molecule has 0 aliphatic carbocycles. The lowest BCUT2D eigenvalue weighted by Crippen LogP contribution is -2.52. The predicted molar refractivity (Wildman–Crippen MR) is 84.9 cm³/mol. The Kier molecular flexibility index (Phi) is 5.95. The summed E-state index contributed by atoms with van der Waals surface area (Å²) in [5.74, 6) is 2.52. The second-order valence-electron chi connectivity index (χ2n) is 5.14. The van der Waals surface area contributed by atoms with E-state index in [-0.39, 0.29) is 24.4 Å². The third-order valence-electron chi connectivity index (χ3n) is 3.82. The van der Waals surface area contributed by atoms with Crippen molar-refractivity contribution in [2.45, 2.75) is 66.7 Å². The summed E-state index contributed by atoms with van der Waals surface area (Å²) in [6.45, 7) is 2.17. The van der Waals surface area contributed by atoms with Crippen LogP contribution in [0.4, 0.5) is 0 Å². The van der Waals surface area contributed by atoms with E-state index in [1.54, 1.807) is 6.08 Å². The Bertz CT molecular complexity index is 364. The monoisotopic (exact) mass is 390 g/mol. The fourth-order valence-electron chi connectivity index (χ4n) is 2.78. The van der Waals surface area contributed by atoms with Crippen molar-refractivity contribution >= 4 is 31.9 Å². The van der Waals surface area contributed by atoms with E-state index in [1.807, 2.05) is 6.08 Å². The van der Waals surface area contributed by atoms with Crippen LogP contribution in [-0.4, -0.2) is 34.1 Å². The molecule has 0 radical (unpaired) electrons. The zero-order chi connectivity index (χ0) is 13.8. The molecule has 2 bridgehead atoms. The van der Waals surface area contributed by atoms with Crippen LogP contribution in [0.3, 0.4) is 0 Å². The van der Waals surface area contributed by atoms with Gasteiger partial charge < -0.3 is 9.47 Å². The average Bonchev–Trinajstić information content (AvgIpc) is 2.38. The quantitative estimate of drug-likeness (QED) is 0.537. The molecule has 3 aliphatic heterocycles. The van der Waals surface area contributed by atoms with Gasteiger partial charge in [0.25, 0.3) is 0 Å². The molecule has 0 unspecified atom stereocenters. The topological polar surface area (TPSA) is 18.5 Å². The highest BCUT2D eigenvalue weighted by atomic mass is 79.9. The van der Waals surface area contributed by atoms with Crippen molar-refractivity contribution in [1.82, 2.24) is 0 Å². The molecule has 0 aromatic rings. The molecule has 0 spiro atoms. The summed E-state index contributed by atoms with van der Waals surface area (Å²) in [6, 6.07) is 0. The van der Waals surface area contributed by atoms with Gasteiger partial charge in [-0.15, -0.1) is 6.42 Å². The molecule has 19 heavy (non-hydrogen) atoms. The van der Waals surface area contributed by atoms with Crippen molar-refractivity contribution in [3.8, 4) is 12.3 Å². The molecule has 2 nitrogen and oxygen atoms in total. The van der Waals surface area contributed by atoms with Crippen LogP contribution in [0, 0.1) is 12.3 Å². The maximum atomic E-state index is 6.27. The zero-order valence-electron chi connectivity index (χ0n) is 11.1. The van der Waals surface area contributed by atoms with E-state index in [9.17, 15) is 0 Å². The maximum Gasteiger partial charge on any atom is 0.0876 e. The van der Waals surface area contributed by atoms with Crippen molar-refractivity contribution < 1.29 is 9.47 Å². The van der Waals surface area contributed by atoms with E-state index >= 15 is 0 Å². The second-order valence-corrected chi connectivity index (χ2v) is 7.49. The third-order valence-corrected chi connectivity index (χ3v) is 5.75. The van der Waals surface area contributed by atoms with E-state index in [4.69, 9.17) is 15.9 Å². The number of ether oxygens (including phenoxy) is 2. The summed E-state index contributed by atoms with van der Waals surface area (Å²) < 4.78 is 12.5. The Morgan fingerprint density at radius 1 is 1.16 bits per heavy atom. The van der Waals surface area contributed by atoms with Crippen molar-refractivity contribution in [1.29, 1.82) is 0 Å². The molecule has 3 aliphatic rings. The first kappa shape index (κ1) is 15.6. The Hall–Kier alpha value is 0.180. The first-order valence-corrected chi connectivity index (χ1v) is 8.69. The Balaban J connectivity index is 2.09. The summed E-state index contributed by atoms with van der Waals surface area (Å²) in [7, 11) is 0. The van der Waals surface area contributed by atoms with Crippen LogP contribution in [0.5, 0.6) is 0 Å². The fourth-order valence-corrected chi connectivity index (χ4v) is 4.36. The van der Waals surface area contributed by atoms with Crippen LogP contribution >= 0.6 is 31.9 Å². The summed E-state index contributed by atoms with van der Waals surface area (Å²) >= 11 is 7.48. The van der Waals surface area contributed by atoms with Crippen molar-refractivity contribution in [3.63, 3.8) is 0 Å². The number of hydrogen-bond donors (Lipinski definition) is 0. The number of rotatable bonds is 3. The number of alkyl halides is 2. The molecule has 0 aromatic carbocycles. The average molecular weight is 392 g/mol. The van der Waals surface area contributed by atoms with Crippen molar-refractivity contribution in [3.05, 3.63) is 12.2 Å². The van der Waals surface area contributed by atoms with Gasteiger partial charge in [-0.2, -0.15) is 0 Å². The van der Waals surface area contributed by atoms with Gasteiger partial charge in [-0.1, -0.05) is 50.8 Å². The summed E-state index contributed by atoms with van der Waals surface area (Å²) in [6.07, 6.45) is 13.6. The summed E-state index contributed by atoms with van der Waals surface area (Å²) in [5.41, 5.74) is 0. The van der Waals surface area contributed by atoms with Crippen LogP contribution in [-0.2, 0) is 9.47 Å². The van der Waals surface area contributed by atoms with Gasteiger partial charge in [-0.3, -0.25) is 0 Å². The number of fused-ring (bicyclic) bond motifs is 5. The van der Waals surface area contributed by atoms with E-state index in [0.29, 0.717) is 9.65 Å². The van der Waals surface area contributed by atoms with Gasteiger partial charge in [0.2, 0.25) is 0 Å². The molecular formula is C15H20Br2O2. The highest BCUT2D eigenvalue weighted by Gasteiger charge is 2.42. The smallest absolute Gasteiger partial charge is 0.0876 e. The molecule has 0 aromatic heterocycles. The van der Waals surface area contributed by atoms with Crippen molar-refractivity contribution in [2.75, 3.05) is 0 Å². The number of halogens is 2. The van der Waals surface area contributed by atoms with Gasteiger partial charge in [0.1, 0.15) is 0 Å². The minimum Gasteiger partial charge on any atom is -0.371 e. The number of hydrogen-bond acceptors (Lipinski definition) is 2. The molecule has 3 fully saturated rings. The van der Waals surface area contributed by atoms with Crippen LogP contribution in [0.25, 0.3) is 0 Å². The van der Waals surface area contributed by atoms with E-state index in [1.165, 1.54) is 0 Å². The van der Waals surface area contributed by atoms with E-state index in [0.717, 1.165) is 25.7 Å². The second kappa shape index (κ2) is 7.26. The molecule has 3 heterocycles. The molecule has 106 valence electrons. The first-order valence-electron chi connectivity index (χ1n) is 6.85. The van der Waals surface area contributed by atoms with E-state index in [2.05, 4.69) is 44.7 Å². The normalized spacial score (nSPS) is 42.8. The standard InChI is InChI=1S/C15H20Br2O2/c1-3-5-6-7-13-15-9-11(17)14(19-13)8-10(16)12(4-2)18-15/h1,5-6,10-15H,4,7-9H2,2H3/b6-5+/t10-,11-,12+,13+,14-,15+/m0/s1.